The molecule has 1 heterocycles. The van der Waals surface area contributed by atoms with E-state index in [1.54, 1.807) is 0 Å². The Morgan fingerprint density at radius 2 is 1.87 bits per heavy atom. The lowest BCUT2D eigenvalue weighted by Crippen LogP contribution is -2.56. The van der Waals surface area contributed by atoms with Crippen molar-refractivity contribution < 1.29 is 24.8 Å². The zero-order valence-corrected chi connectivity index (χ0v) is 9.17. The molecule has 0 aromatic heterocycles. The average molecular weight is 220 g/mol. The maximum atomic E-state index is 9.84. The molecule has 1 fully saturated rings. The first-order chi connectivity index (χ1) is 7.15. The van der Waals surface area contributed by atoms with Crippen molar-refractivity contribution in [3.05, 3.63) is 0 Å². The molecule has 0 spiro atoms. The van der Waals surface area contributed by atoms with Crippen LogP contribution in [0.2, 0.25) is 0 Å². The highest BCUT2D eigenvalue weighted by molar-refractivity contribution is 4.91. The minimum absolute atomic E-state index is 0.150. The molecule has 0 aromatic carbocycles. The predicted molar refractivity (Wildman–Crippen MR) is 53.4 cm³/mol. The predicted octanol–water partition coefficient (Wildman–Crippen LogP) is -0.860. The molecule has 0 bridgehead atoms. The number of rotatable bonds is 4. The van der Waals surface area contributed by atoms with Crippen LogP contribution in [-0.4, -0.2) is 60.1 Å². The maximum absolute atomic E-state index is 9.84. The molecular weight excluding hydrogens is 200 g/mol. The number of hydrogen-bond acceptors (Lipinski definition) is 5. The summed E-state index contributed by atoms with van der Waals surface area (Å²) in [7, 11) is 1.50. The fourth-order valence-corrected chi connectivity index (χ4v) is 2.08. The van der Waals surface area contributed by atoms with Gasteiger partial charge in [0.15, 0.2) is 0 Å². The van der Waals surface area contributed by atoms with Gasteiger partial charge in [0.2, 0.25) is 0 Å². The fraction of sp³-hybridized carbons (Fsp3) is 1.00. The third-order valence-corrected chi connectivity index (χ3v) is 2.98. The second kappa shape index (κ2) is 5.77. The van der Waals surface area contributed by atoms with Crippen LogP contribution in [0.1, 0.15) is 13.3 Å². The lowest BCUT2D eigenvalue weighted by Gasteiger charge is -2.42. The maximum Gasteiger partial charge on any atom is 0.110 e. The molecule has 0 saturated carbocycles. The summed E-state index contributed by atoms with van der Waals surface area (Å²) in [5.74, 6) is -0.224. The molecule has 5 atom stereocenters. The van der Waals surface area contributed by atoms with Gasteiger partial charge in [-0.3, -0.25) is 0 Å². The van der Waals surface area contributed by atoms with Crippen molar-refractivity contribution in [2.24, 2.45) is 5.92 Å². The minimum atomic E-state index is -0.947. The normalized spacial score (nSPS) is 41.8. The van der Waals surface area contributed by atoms with E-state index in [4.69, 9.17) is 14.6 Å². The quantitative estimate of drug-likeness (QED) is 0.574. The standard InChI is InChI=1S/C10H20O5/c1-3-6-7(4-11)15-8(5-14-2)10(13)9(6)12/h6-13H,3-5H2,1-2H3. The van der Waals surface area contributed by atoms with Gasteiger partial charge in [0.1, 0.15) is 12.2 Å². The lowest BCUT2D eigenvalue weighted by atomic mass is 9.85. The Kier molecular flexibility index (Phi) is 4.95. The second-order valence-electron chi connectivity index (χ2n) is 3.90. The third-order valence-electron chi connectivity index (χ3n) is 2.98. The van der Waals surface area contributed by atoms with Gasteiger partial charge in [0.25, 0.3) is 0 Å². The van der Waals surface area contributed by atoms with Crippen LogP contribution in [0, 0.1) is 5.92 Å². The first kappa shape index (κ1) is 12.9. The van der Waals surface area contributed by atoms with Crippen molar-refractivity contribution in [2.75, 3.05) is 20.3 Å². The van der Waals surface area contributed by atoms with E-state index in [9.17, 15) is 10.2 Å². The molecule has 5 nitrogen and oxygen atoms in total. The molecule has 90 valence electrons. The third kappa shape index (κ3) is 2.68. The van der Waals surface area contributed by atoms with Crippen LogP contribution < -0.4 is 0 Å². The number of methoxy groups -OCH3 is 1. The van der Waals surface area contributed by atoms with E-state index in [1.807, 2.05) is 6.92 Å². The van der Waals surface area contributed by atoms with Gasteiger partial charge in [-0.05, 0) is 6.42 Å². The Morgan fingerprint density at radius 1 is 1.20 bits per heavy atom. The van der Waals surface area contributed by atoms with Crippen molar-refractivity contribution in [1.82, 2.24) is 0 Å². The molecule has 0 aliphatic carbocycles. The van der Waals surface area contributed by atoms with Crippen molar-refractivity contribution in [3.8, 4) is 0 Å². The van der Waals surface area contributed by atoms with E-state index in [0.717, 1.165) is 0 Å². The summed E-state index contributed by atoms with van der Waals surface area (Å²) in [6.45, 7) is 1.96. The molecule has 1 aliphatic heterocycles. The van der Waals surface area contributed by atoms with Crippen LogP contribution in [0.4, 0.5) is 0 Å². The van der Waals surface area contributed by atoms with Crippen molar-refractivity contribution in [1.29, 1.82) is 0 Å². The van der Waals surface area contributed by atoms with Crippen molar-refractivity contribution in [3.63, 3.8) is 0 Å². The summed E-state index contributed by atoms with van der Waals surface area (Å²) in [6.07, 6.45) is -2.14. The summed E-state index contributed by atoms with van der Waals surface area (Å²) in [5.41, 5.74) is 0. The topological polar surface area (TPSA) is 79.2 Å². The largest absolute Gasteiger partial charge is 0.394 e. The Balaban J connectivity index is 2.68. The number of aliphatic hydroxyl groups is 3. The number of hydrogen-bond donors (Lipinski definition) is 3. The number of ether oxygens (including phenoxy) is 2. The Labute approximate surface area is 89.6 Å². The summed E-state index contributed by atoms with van der Waals surface area (Å²) in [5, 5.41) is 28.7. The van der Waals surface area contributed by atoms with E-state index < -0.39 is 24.4 Å². The first-order valence-corrected chi connectivity index (χ1v) is 5.27. The van der Waals surface area contributed by atoms with Gasteiger partial charge < -0.3 is 24.8 Å². The van der Waals surface area contributed by atoms with Crippen LogP contribution >= 0.6 is 0 Å². The molecule has 0 aromatic rings. The van der Waals surface area contributed by atoms with Gasteiger partial charge in [-0.25, -0.2) is 0 Å². The van der Waals surface area contributed by atoms with E-state index in [1.165, 1.54) is 7.11 Å². The summed E-state index contributed by atoms with van der Waals surface area (Å²) in [4.78, 5) is 0. The van der Waals surface area contributed by atoms with Crippen LogP contribution in [0.15, 0.2) is 0 Å². The molecule has 1 rings (SSSR count). The van der Waals surface area contributed by atoms with Gasteiger partial charge in [0, 0.05) is 13.0 Å². The molecule has 1 aliphatic rings. The zero-order valence-electron chi connectivity index (χ0n) is 9.17. The number of aliphatic hydroxyl groups excluding tert-OH is 3. The molecule has 3 N–H and O–H groups in total. The van der Waals surface area contributed by atoms with Crippen LogP contribution in [-0.2, 0) is 9.47 Å². The van der Waals surface area contributed by atoms with Crippen molar-refractivity contribution >= 4 is 0 Å². The van der Waals surface area contributed by atoms with E-state index in [0.29, 0.717) is 6.42 Å². The Bertz CT molecular complexity index is 183. The molecule has 1 saturated heterocycles. The van der Waals surface area contributed by atoms with Crippen LogP contribution in [0.5, 0.6) is 0 Å². The van der Waals surface area contributed by atoms with Crippen molar-refractivity contribution in [2.45, 2.75) is 37.8 Å². The van der Waals surface area contributed by atoms with Gasteiger partial charge in [-0.15, -0.1) is 0 Å². The van der Waals surface area contributed by atoms with Gasteiger partial charge in [-0.1, -0.05) is 6.92 Å². The monoisotopic (exact) mass is 220 g/mol. The zero-order chi connectivity index (χ0) is 11.4. The minimum Gasteiger partial charge on any atom is -0.394 e. The molecule has 15 heavy (non-hydrogen) atoms. The molecule has 0 amide bonds. The highest BCUT2D eigenvalue weighted by atomic mass is 16.6. The van der Waals surface area contributed by atoms with Gasteiger partial charge in [0.05, 0.1) is 25.4 Å². The van der Waals surface area contributed by atoms with E-state index >= 15 is 0 Å². The van der Waals surface area contributed by atoms with Crippen LogP contribution in [0.3, 0.4) is 0 Å². The SMILES string of the molecule is CCC1C(CO)OC(COC)C(O)C1O. The van der Waals surface area contributed by atoms with Gasteiger partial charge in [-0.2, -0.15) is 0 Å². The van der Waals surface area contributed by atoms with Gasteiger partial charge >= 0.3 is 0 Å². The lowest BCUT2D eigenvalue weighted by molar-refractivity contribution is -0.218. The molecule has 5 unspecified atom stereocenters. The van der Waals surface area contributed by atoms with Crippen LogP contribution in [0.25, 0.3) is 0 Å². The first-order valence-electron chi connectivity index (χ1n) is 5.27. The highest BCUT2D eigenvalue weighted by Gasteiger charge is 2.42. The average Bonchev–Trinajstić information content (AvgIpc) is 2.24. The Morgan fingerprint density at radius 3 is 2.33 bits per heavy atom. The summed E-state index contributed by atoms with van der Waals surface area (Å²) in [6, 6.07) is 0. The molecule has 5 heteroatoms. The molecule has 0 radical (unpaired) electrons. The fourth-order valence-electron chi connectivity index (χ4n) is 2.08. The second-order valence-corrected chi connectivity index (χ2v) is 3.90. The summed E-state index contributed by atoms with van der Waals surface area (Å²) < 4.78 is 10.4. The van der Waals surface area contributed by atoms with E-state index in [2.05, 4.69) is 0 Å². The van der Waals surface area contributed by atoms with E-state index in [-0.39, 0.29) is 19.1 Å². The summed E-state index contributed by atoms with van der Waals surface area (Å²) >= 11 is 0. The Hall–Kier alpha value is -0.200. The smallest absolute Gasteiger partial charge is 0.110 e. The molecular formula is C10H20O5. The highest BCUT2D eigenvalue weighted by Crippen LogP contribution is 2.28.